The normalized spacial score (nSPS) is 10.2. The van der Waals surface area contributed by atoms with Gasteiger partial charge >= 0.3 is 5.69 Å². The molecule has 1 aromatic carbocycles. The molecule has 2 aromatic rings. The van der Waals surface area contributed by atoms with Crippen LogP contribution in [0.4, 0.5) is 0 Å². The molecule has 1 heterocycles. The molecule has 2 N–H and O–H groups in total. The lowest BCUT2D eigenvalue weighted by Gasteiger charge is -2.00. The highest BCUT2D eigenvalue weighted by atomic mass is 32.2. The van der Waals surface area contributed by atoms with Crippen molar-refractivity contribution in [3.8, 4) is 0 Å². The number of thioether (sulfide) groups is 1. The van der Waals surface area contributed by atoms with Crippen LogP contribution in [0, 0.1) is 0 Å². The van der Waals surface area contributed by atoms with Gasteiger partial charge in [0, 0.05) is 11.8 Å². The Balaban J connectivity index is 2.11. The van der Waals surface area contributed by atoms with Gasteiger partial charge in [0.2, 0.25) is 0 Å². The third-order valence-corrected chi connectivity index (χ3v) is 2.98. The summed E-state index contributed by atoms with van der Waals surface area (Å²) in [5, 5.41) is 0.581. The first-order valence-corrected chi connectivity index (χ1v) is 5.73. The molecule has 0 unspecified atom stereocenters. The third kappa shape index (κ3) is 2.87. The average molecular weight is 234 g/mol. The zero-order valence-electron chi connectivity index (χ0n) is 8.40. The number of benzene rings is 1. The molecule has 82 valence electrons. The van der Waals surface area contributed by atoms with Gasteiger partial charge in [-0.15, -0.1) is 11.8 Å². The lowest BCUT2D eigenvalue weighted by molar-refractivity contribution is 0.949. The molecule has 0 atom stereocenters. The van der Waals surface area contributed by atoms with Gasteiger partial charge in [0.1, 0.15) is 0 Å². The van der Waals surface area contributed by atoms with Crippen LogP contribution in [0.1, 0.15) is 5.56 Å². The highest BCUT2D eigenvalue weighted by Crippen LogP contribution is 2.17. The van der Waals surface area contributed by atoms with E-state index in [9.17, 15) is 9.59 Å². The van der Waals surface area contributed by atoms with E-state index >= 15 is 0 Å². The van der Waals surface area contributed by atoms with E-state index in [0.717, 1.165) is 11.3 Å². The molecule has 5 heteroatoms. The minimum atomic E-state index is -0.469. The Labute approximate surface area is 95.7 Å². The smallest absolute Gasteiger partial charge is 0.302 e. The molecule has 0 radical (unpaired) electrons. The largest absolute Gasteiger partial charge is 0.326 e. The zero-order chi connectivity index (χ0) is 11.4. The van der Waals surface area contributed by atoms with E-state index in [1.165, 1.54) is 17.8 Å². The van der Waals surface area contributed by atoms with Gasteiger partial charge in [0.05, 0.1) is 5.03 Å². The molecule has 0 bridgehead atoms. The summed E-state index contributed by atoms with van der Waals surface area (Å²) >= 11 is 1.43. The van der Waals surface area contributed by atoms with Crippen molar-refractivity contribution in [2.45, 2.75) is 10.8 Å². The molecule has 0 saturated carbocycles. The van der Waals surface area contributed by atoms with E-state index in [-0.39, 0.29) is 5.56 Å². The summed E-state index contributed by atoms with van der Waals surface area (Å²) in [6.45, 7) is 0. The van der Waals surface area contributed by atoms with Gasteiger partial charge < -0.3 is 4.98 Å². The zero-order valence-corrected chi connectivity index (χ0v) is 9.21. The van der Waals surface area contributed by atoms with Crippen LogP contribution in [0.3, 0.4) is 0 Å². The Hall–Kier alpha value is -1.75. The Morgan fingerprint density at radius 1 is 1.06 bits per heavy atom. The summed E-state index contributed by atoms with van der Waals surface area (Å²) in [7, 11) is 0. The van der Waals surface area contributed by atoms with Gasteiger partial charge in [-0.3, -0.25) is 9.78 Å². The standard InChI is InChI=1S/C11H10N2O2S/c14-9-6-10(13-11(15)12-9)16-7-8-4-2-1-3-5-8/h1-6H,7H2,(H2,12,13,14,15). The number of aromatic amines is 2. The van der Waals surface area contributed by atoms with Crippen molar-refractivity contribution in [3.63, 3.8) is 0 Å². The SMILES string of the molecule is O=c1cc(SCc2ccccc2)[nH]c(=O)[nH]1. The van der Waals surface area contributed by atoms with Crippen molar-refractivity contribution >= 4 is 11.8 Å². The van der Waals surface area contributed by atoms with Crippen LogP contribution in [-0.2, 0) is 5.75 Å². The molecule has 16 heavy (non-hydrogen) atoms. The van der Waals surface area contributed by atoms with E-state index in [4.69, 9.17) is 0 Å². The Morgan fingerprint density at radius 3 is 2.50 bits per heavy atom. The quantitative estimate of drug-likeness (QED) is 0.622. The summed E-state index contributed by atoms with van der Waals surface area (Å²) in [5.74, 6) is 0.722. The van der Waals surface area contributed by atoms with E-state index < -0.39 is 5.69 Å². The van der Waals surface area contributed by atoms with Gasteiger partial charge in [-0.2, -0.15) is 0 Å². The fraction of sp³-hybridized carbons (Fsp3) is 0.0909. The van der Waals surface area contributed by atoms with E-state index in [2.05, 4.69) is 9.97 Å². The molecule has 0 fully saturated rings. The van der Waals surface area contributed by atoms with Gasteiger partial charge in [-0.1, -0.05) is 30.3 Å². The predicted octanol–water partition coefficient (Wildman–Crippen LogP) is 1.36. The second-order valence-corrected chi connectivity index (χ2v) is 4.24. The number of hydrogen-bond acceptors (Lipinski definition) is 3. The maximum atomic E-state index is 11.0. The second kappa shape index (κ2) is 4.85. The Morgan fingerprint density at radius 2 is 1.81 bits per heavy atom. The fourth-order valence-electron chi connectivity index (χ4n) is 1.26. The second-order valence-electron chi connectivity index (χ2n) is 3.23. The lowest BCUT2D eigenvalue weighted by atomic mass is 10.2. The van der Waals surface area contributed by atoms with Gasteiger partial charge in [-0.05, 0) is 5.56 Å². The average Bonchev–Trinajstić information content (AvgIpc) is 2.27. The molecular weight excluding hydrogens is 224 g/mol. The monoisotopic (exact) mass is 234 g/mol. The van der Waals surface area contributed by atoms with Crippen molar-refractivity contribution in [2.75, 3.05) is 0 Å². The first-order chi connectivity index (χ1) is 7.74. The molecule has 0 aliphatic heterocycles. The first-order valence-electron chi connectivity index (χ1n) is 4.74. The van der Waals surface area contributed by atoms with Crippen molar-refractivity contribution in [3.05, 3.63) is 62.8 Å². The van der Waals surface area contributed by atoms with E-state index in [0.29, 0.717) is 5.03 Å². The number of hydrogen-bond donors (Lipinski definition) is 2. The maximum absolute atomic E-state index is 11.0. The van der Waals surface area contributed by atoms with Crippen molar-refractivity contribution in [1.29, 1.82) is 0 Å². The lowest BCUT2D eigenvalue weighted by Crippen LogP contribution is -2.21. The molecule has 4 nitrogen and oxygen atoms in total. The first kappa shape index (κ1) is 10.8. The van der Waals surface area contributed by atoms with E-state index in [1.54, 1.807) is 0 Å². The Bertz CT molecular complexity index is 546. The molecule has 0 aliphatic rings. The maximum Gasteiger partial charge on any atom is 0.326 e. The third-order valence-electron chi connectivity index (χ3n) is 1.97. The summed E-state index contributed by atoms with van der Waals surface area (Å²) in [4.78, 5) is 26.7. The Kier molecular flexibility index (Phi) is 3.26. The molecule has 0 saturated heterocycles. The molecular formula is C11H10N2O2S. The molecule has 1 aromatic heterocycles. The molecule has 2 rings (SSSR count). The summed E-state index contributed by atoms with van der Waals surface area (Å²) < 4.78 is 0. The number of nitrogens with one attached hydrogen (secondary N) is 2. The number of H-pyrrole nitrogens is 2. The summed E-state index contributed by atoms with van der Waals surface area (Å²) in [5.41, 5.74) is 0.302. The summed E-state index contributed by atoms with van der Waals surface area (Å²) in [6, 6.07) is 11.2. The highest BCUT2D eigenvalue weighted by molar-refractivity contribution is 7.98. The van der Waals surface area contributed by atoms with Crippen LogP contribution >= 0.6 is 11.8 Å². The highest BCUT2D eigenvalue weighted by Gasteiger charge is 1.98. The van der Waals surface area contributed by atoms with Crippen LogP contribution in [0.15, 0.2) is 51.0 Å². The van der Waals surface area contributed by atoms with Crippen molar-refractivity contribution < 1.29 is 0 Å². The van der Waals surface area contributed by atoms with Crippen molar-refractivity contribution in [2.24, 2.45) is 0 Å². The molecule has 0 aliphatic carbocycles. The minimum Gasteiger partial charge on any atom is -0.302 e. The minimum absolute atomic E-state index is 0.376. The van der Waals surface area contributed by atoms with Crippen molar-refractivity contribution in [1.82, 2.24) is 9.97 Å². The van der Waals surface area contributed by atoms with E-state index in [1.807, 2.05) is 30.3 Å². The van der Waals surface area contributed by atoms with Gasteiger partial charge in [0.15, 0.2) is 0 Å². The predicted molar refractivity (Wildman–Crippen MR) is 63.7 cm³/mol. The van der Waals surface area contributed by atoms with Crippen LogP contribution in [-0.4, -0.2) is 9.97 Å². The number of aromatic nitrogens is 2. The number of rotatable bonds is 3. The van der Waals surface area contributed by atoms with Gasteiger partial charge in [0.25, 0.3) is 5.56 Å². The van der Waals surface area contributed by atoms with Crippen LogP contribution in [0.2, 0.25) is 0 Å². The summed E-state index contributed by atoms with van der Waals surface area (Å²) in [6.07, 6.45) is 0. The van der Waals surface area contributed by atoms with Gasteiger partial charge in [-0.25, -0.2) is 4.79 Å². The van der Waals surface area contributed by atoms with Crippen LogP contribution in [0.25, 0.3) is 0 Å². The van der Waals surface area contributed by atoms with Crippen LogP contribution < -0.4 is 11.2 Å². The molecule has 0 amide bonds. The van der Waals surface area contributed by atoms with Crippen LogP contribution in [0.5, 0.6) is 0 Å². The topological polar surface area (TPSA) is 65.7 Å². The molecule has 0 spiro atoms. The fourth-order valence-corrected chi connectivity index (χ4v) is 2.13.